The van der Waals surface area contributed by atoms with Crippen molar-refractivity contribution in [3.8, 4) is 0 Å². The molecule has 11 heteroatoms. The average Bonchev–Trinajstić information content (AvgIpc) is 2.81. The Labute approximate surface area is 234 Å². The molecule has 2 aliphatic rings. The van der Waals surface area contributed by atoms with Gasteiger partial charge in [-0.05, 0) is 74.8 Å². The molecule has 3 aromatic rings. The second-order valence-corrected chi connectivity index (χ2v) is 14.3. The molecule has 1 spiro atoms. The minimum Gasteiger partial charge on any atom is -0.370 e. The van der Waals surface area contributed by atoms with E-state index in [4.69, 9.17) is 28.9 Å². The number of hydrogen-bond acceptors (Lipinski definition) is 7. The summed E-state index contributed by atoms with van der Waals surface area (Å²) < 4.78 is 12.7. The van der Waals surface area contributed by atoms with Crippen molar-refractivity contribution in [2.45, 2.75) is 31.7 Å². The predicted molar refractivity (Wildman–Crippen MR) is 159 cm³/mol. The second kappa shape index (κ2) is 11.0. The van der Waals surface area contributed by atoms with E-state index < -0.39 is 7.14 Å². The largest absolute Gasteiger partial charge is 0.370 e. The highest BCUT2D eigenvalue weighted by atomic mass is 35.5. The van der Waals surface area contributed by atoms with Crippen LogP contribution in [0.25, 0.3) is 0 Å². The van der Waals surface area contributed by atoms with Gasteiger partial charge in [0, 0.05) is 30.1 Å². The molecule has 1 aliphatic carbocycles. The summed E-state index contributed by atoms with van der Waals surface area (Å²) in [5, 5.41) is 8.22. The molecular weight excluding hydrogens is 550 g/mol. The van der Waals surface area contributed by atoms with Crippen molar-refractivity contribution in [2.75, 3.05) is 42.0 Å². The van der Waals surface area contributed by atoms with E-state index in [1.54, 1.807) is 13.3 Å². The van der Waals surface area contributed by atoms with E-state index >= 15 is 0 Å². The highest BCUT2D eigenvalue weighted by molar-refractivity contribution is 7.70. The quantitative estimate of drug-likeness (QED) is 0.281. The van der Waals surface area contributed by atoms with Crippen LogP contribution in [0.2, 0.25) is 10.0 Å². The molecular formula is C26H32Cl3N6OP. The van der Waals surface area contributed by atoms with E-state index in [0.29, 0.717) is 39.0 Å². The lowest BCUT2D eigenvalue weighted by Crippen LogP contribution is -2.52. The van der Waals surface area contributed by atoms with Gasteiger partial charge in [0.2, 0.25) is 5.95 Å². The number of nitrogens with zero attached hydrogens (tertiary/aromatic N) is 3. The van der Waals surface area contributed by atoms with Crippen LogP contribution >= 0.6 is 42.8 Å². The summed E-state index contributed by atoms with van der Waals surface area (Å²) >= 11 is 13.1. The van der Waals surface area contributed by atoms with Gasteiger partial charge >= 0.3 is 0 Å². The number of nitrogens with two attached hydrogens (primary N) is 1. The summed E-state index contributed by atoms with van der Waals surface area (Å²) in [7, 11) is -2.49. The van der Waals surface area contributed by atoms with Crippen molar-refractivity contribution in [1.82, 2.24) is 9.97 Å². The lowest BCUT2D eigenvalue weighted by atomic mass is 9.60. The van der Waals surface area contributed by atoms with Gasteiger partial charge < -0.3 is 25.8 Å². The molecule has 2 fully saturated rings. The third-order valence-corrected chi connectivity index (χ3v) is 9.37. The molecule has 7 nitrogen and oxygen atoms in total. The number of piperidine rings is 1. The van der Waals surface area contributed by atoms with E-state index in [9.17, 15) is 4.57 Å². The van der Waals surface area contributed by atoms with Crippen LogP contribution in [0.4, 0.5) is 28.8 Å². The Hall–Kier alpha value is -2.02. The molecule has 0 amide bonds. The van der Waals surface area contributed by atoms with E-state index in [0.717, 1.165) is 42.6 Å². The van der Waals surface area contributed by atoms with Gasteiger partial charge in [-0.2, -0.15) is 4.98 Å². The van der Waals surface area contributed by atoms with Crippen molar-refractivity contribution in [3.63, 3.8) is 0 Å². The van der Waals surface area contributed by atoms with E-state index in [2.05, 4.69) is 25.5 Å². The number of hydrogen-bond donors (Lipinski definition) is 3. The summed E-state index contributed by atoms with van der Waals surface area (Å²) in [6.07, 6.45) is 6.17. The highest BCUT2D eigenvalue weighted by Crippen LogP contribution is 2.49. The topological polar surface area (TPSA) is 96.2 Å². The summed E-state index contributed by atoms with van der Waals surface area (Å²) in [6.45, 7) is 5.47. The molecule has 0 atom stereocenters. The van der Waals surface area contributed by atoms with Gasteiger partial charge in [-0.25, -0.2) is 4.98 Å². The normalized spacial score (nSPS) is 17.2. The van der Waals surface area contributed by atoms with Crippen molar-refractivity contribution < 1.29 is 4.57 Å². The molecule has 37 heavy (non-hydrogen) atoms. The maximum Gasteiger partial charge on any atom is 0.229 e. The highest BCUT2D eigenvalue weighted by Gasteiger charge is 2.44. The fourth-order valence-electron chi connectivity index (χ4n) is 5.34. The molecule has 1 aliphatic heterocycles. The molecule has 0 unspecified atom stereocenters. The Kier molecular flexibility index (Phi) is 8.32. The monoisotopic (exact) mass is 580 g/mol. The van der Waals surface area contributed by atoms with Gasteiger partial charge in [0.15, 0.2) is 5.82 Å². The average molecular weight is 582 g/mol. The Morgan fingerprint density at radius 3 is 2.41 bits per heavy atom. The molecule has 1 aromatic heterocycles. The zero-order valence-corrected chi connectivity index (χ0v) is 24.1. The van der Waals surface area contributed by atoms with Crippen LogP contribution in [0.5, 0.6) is 0 Å². The standard InChI is InChI=1S/C26H31Cl2N6OP.ClH/c1-36(2,35)23-6-4-3-5-21(23)32-24-20(28)16-30-25(33-24)31-18-7-8-22(19(27)13-18)34-11-9-26(10-12-34)14-17(29)15-26;/h3-8,13,16-17H,9-12,14-15,29H2,1-2H3,(H2,30,31,32,33);1H. The minimum atomic E-state index is -2.49. The van der Waals surface area contributed by atoms with Gasteiger partial charge in [-0.3, -0.25) is 0 Å². The molecule has 198 valence electrons. The zero-order chi connectivity index (χ0) is 25.5. The third-order valence-electron chi connectivity index (χ3n) is 7.24. The first-order valence-corrected chi connectivity index (χ1v) is 15.5. The van der Waals surface area contributed by atoms with Crippen LogP contribution in [0.1, 0.15) is 25.7 Å². The molecule has 2 aromatic carbocycles. The van der Waals surface area contributed by atoms with Crippen LogP contribution in [-0.2, 0) is 4.57 Å². The SMILES string of the molecule is CP(C)(=O)c1ccccc1Nc1nc(Nc2ccc(N3CCC4(CC3)CC(N)C4)c(Cl)c2)ncc1Cl.Cl. The van der Waals surface area contributed by atoms with Crippen LogP contribution in [0, 0.1) is 5.41 Å². The van der Waals surface area contributed by atoms with Crippen molar-refractivity contribution in [2.24, 2.45) is 11.1 Å². The van der Waals surface area contributed by atoms with Crippen molar-refractivity contribution in [3.05, 3.63) is 58.7 Å². The molecule has 0 bridgehead atoms. The Bertz CT molecular complexity index is 1320. The summed E-state index contributed by atoms with van der Waals surface area (Å²) in [4.78, 5) is 11.2. The number of aromatic nitrogens is 2. The molecule has 5 rings (SSSR count). The van der Waals surface area contributed by atoms with Gasteiger partial charge in [0.1, 0.15) is 12.2 Å². The van der Waals surface area contributed by atoms with Gasteiger partial charge in [0.25, 0.3) is 0 Å². The molecule has 1 saturated heterocycles. The van der Waals surface area contributed by atoms with Crippen LogP contribution in [0.15, 0.2) is 48.7 Å². The van der Waals surface area contributed by atoms with E-state index in [-0.39, 0.29) is 12.4 Å². The number of anilines is 5. The first-order valence-electron chi connectivity index (χ1n) is 12.1. The maximum atomic E-state index is 12.7. The Morgan fingerprint density at radius 1 is 1.05 bits per heavy atom. The Morgan fingerprint density at radius 2 is 1.76 bits per heavy atom. The van der Waals surface area contributed by atoms with Crippen molar-refractivity contribution >= 4 is 76.9 Å². The number of para-hydroxylation sites is 1. The maximum absolute atomic E-state index is 12.7. The predicted octanol–water partition coefficient (Wildman–Crippen LogP) is 6.65. The van der Waals surface area contributed by atoms with Gasteiger partial charge in [-0.15, -0.1) is 12.4 Å². The third kappa shape index (κ3) is 6.18. The molecule has 2 heterocycles. The first-order chi connectivity index (χ1) is 17.1. The van der Waals surface area contributed by atoms with E-state index in [1.807, 2.05) is 42.5 Å². The number of halogens is 3. The lowest BCUT2D eigenvalue weighted by Gasteiger charge is -2.51. The summed E-state index contributed by atoms with van der Waals surface area (Å²) in [5.74, 6) is 0.802. The number of benzene rings is 2. The van der Waals surface area contributed by atoms with Crippen LogP contribution in [0.3, 0.4) is 0 Å². The zero-order valence-electron chi connectivity index (χ0n) is 20.9. The van der Waals surface area contributed by atoms with Crippen LogP contribution < -0.4 is 26.6 Å². The van der Waals surface area contributed by atoms with E-state index in [1.165, 1.54) is 19.0 Å². The Balaban J connectivity index is 0.00000320. The second-order valence-electron chi connectivity index (χ2n) is 10.3. The fraction of sp³-hybridized carbons (Fsp3) is 0.385. The fourth-order valence-corrected chi connectivity index (χ4v) is 6.94. The lowest BCUT2D eigenvalue weighted by molar-refractivity contribution is 0.0713. The molecule has 4 N–H and O–H groups in total. The summed E-state index contributed by atoms with van der Waals surface area (Å²) in [6, 6.07) is 13.8. The molecule has 0 radical (unpaired) electrons. The summed E-state index contributed by atoms with van der Waals surface area (Å²) in [5.41, 5.74) is 9.02. The smallest absolute Gasteiger partial charge is 0.229 e. The van der Waals surface area contributed by atoms with Crippen LogP contribution in [-0.4, -0.2) is 42.4 Å². The van der Waals surface area contributed by atoms with Gasteiger partial charge in [0.05, 0.1) is 22.6 Å². The van der Waals surface area contributed by atoms with Crippen molar-refractivity contribution in [1.29, 1.82) is 0 Å². The number of nitrogens with one attached hydrogen (secondary N) is 2. The molecule has 1 saturated carbocycles. The van der Waals surface area contributed by atoms with Gasteiger partial charge in [-0.1, -0.05) is 35.3 Å². The number of rotatable bonds is 6. The minimum absolute atomic E-state index is 0. The first kappa shape index (κ1) is 28.0.